The highest BCUT2D eigenvalue weighted by Gasteiger charge is 2.38. The Hall–Kier alpha value is -1.47. The van der Waals surface area contributed by atoms with Crippen molar-refractivity contribution in [1.82, 2.24) is 15.2 Å². The lowest BCUT2D eigenvalue weighted by Gasteiger charge is -2.22. The van der Waals surface area contributed by atoms with E-state index in [4.69, 9.17) is 5.11 Å². The molecule has 0 aliphatic carbocycles. The van der Waals surface area contributed by atoms with Gasteiger partial charge < -0.3 is 15.3 Å². The average molecular weight is 297 g/mol. The van der Waals surface area contributed by atoms with Gasteiger partial charge in [-0.3, -0.25) is 4.79 Å². The quantitative estimate of drug-likeness (QED) is 0.841. The molecule has 1 aliphatic rings. The van der Waals surface area contributed by atoms with E-state index >= 15 is 0 Å². The van der Waals surface area contributed by atoms with Crippen LogP contribution in [0, 0.1) is 5.41 Å². The highest BCUT2D eigenvalue weighted by molar-refractivity contribution is 7.09. The van der Waals surface area contributed by atoms with Crippen LogP contribution in [0.25, 0.3) is 0 Å². The molecule has 110 valence electrons. The van der Waals surface area contributed by atoms with E-state index in [2.05, 4.69) is 15.2 Å². The molecule has 0 saturated carbocycles. The standard InChI is InChI=1S/C13H19N3O3S/c1-13(4-6-16(2)8-13)12(19)14-5-3-10-15-9(7-20-10)11(17)18/h7H,3-6,8H2,1-2H3,(H,14,19)(H,17,18)/t13-/m0/s1. The van der Waals surface area contributed by atoms with Gasteiger partial charge in [0.25, 0.3) is 0 Å². The van der Waals surface area contributed by atoms with E-state index in [0.717, 1.165) is 24.5 Å². The molecule has 0 aromatic carbocycles. The summed E-state index contributed by atoms with van der Waals surface area (Å²) in [6.45, 7) is 4.19. The Morgan fingerprint density at radius 2 is 2.35 bits per heavy atom. The van der Waals surface area contributed by atoms with Crippen LogP contribution in [-0.4, -0.2) is 53.5 Å². The monoisotopic (exact) mass is 297 g/mol. The van der Waals surface area contributed by atoms with Crippen molar-refractivity contribution in [2.24, 2.45) is 5.41 Å². The molecule has 2 N–H and O–H groups in total. The van der Waals surface area contributed by atoms with Gasteiger partial charge in [0.05, 0.1) is 10.4 Å². The molecular weight excluding hydrogens is 278 g/mol. The summed E-state index contributed by atoms with van der Waals surface area (Å²) in [7, 11) is 2.02. The van der Waals surface area contributed by atoms with Crippen molar-refractivity contribution >= 4 is 23.2 Å². The van der Waals surface area contributed by atoms with Crippen molar-refractivity contribution in [1.29, 1.82) is 0 Å². The average Bonchev–Trinajstić information content (AvgIpc) is 2.97. The molecule has 1 aliphatic heterocycles. The molecule has 20 heavy (non-hydrogen) atoms. The Kier molecular flexibility index (Phi) is 4.39. The van der Waals surface area contributed by atoms with E-state index in [9.17, 15) is 9.59 Å². The van der Waals surface area contributed by atoms with Crippen LogP contribution in [0.1, 0.15) is 28.8 Å². The second-order valence-electron chi connectivity index (χ2n) is 5.49. The number of amides is 1. The maximum absolute atomic E-state index is 12.2. The fraction of sp³-hybridized carbons (Fsp3) is 0.615. The van der Waals surface area contributed by atoms with Crippen molar-refractivity contribution in [3.05, 3.63) is 16.1 Å². The number of likely N-dealkylation sites (tertiary alicyclic amines) is 1. The molecule has 1 aromatic heterocycles. The van der Waals surface area contributed by atoms with Crippen LogP contribution >= 0.6 is 11.3 Å². The zero-order valence-corrected chi connectivity index (χ0v) is 12.5. The van der Waals surface area contributed by atoms with Gasteiger partial charge in [0.15, 0.2) is 5.69 Å². The first-order valence-electron chi connectivity index (χ1n) is 6.55. The van der Waals surface area contributed by atoms with Gasteiger partial charge in [-0.15, -0.1) is 11.3 Å². The van der Waals surface area contributed by atoms with Gasteiger partial charge in [0.1, 0.15) is 0 Å². The molecule has 0 radical (unpaired) electrons. The number of carboxylic acid groups (broad SMARTS) is 1. The van der Waals surface area contributed by atoms with Gasteiger partial charge >= 0.3 is 5.97 Å². The number of carbonyl (C=O) groups is 2. The third-order valence-electron chi connectivity index (χ3n) is 3.61. The largest absolute Gasteiger partial charge is 0.476 e. The first-order chi connectivity index (χ1) is 9.40. The lowest BCUT2D eigenvalue weighted by atomic mass is 9.89. The first kappa shape index (κ1) is 14.9. The van der Waals surface area contributed by atoms with Gasteiger partial charge in [0.2, 0.25) is 5.91 Å². The van der Waals surface area contributed by atoms with Crippen LogP contribution in [0.15, 0.2) is 5.38 Å². The summed E-state index contributed by atoms with van der Waals surface area (Å²) in [4.78, 5) is 29.0. The number of carbonyl (C=O) groups excluding carboxylic acids is 1. The minimum atomic E-state index is -1.02. The number of rotatable bonds is 5. The lowest BCUT2D eigenvalue weighted by Crippen LogP contribution is -2.41. The summed E-state index contributed by atoms with van der Waals surface area (Å²) < 4.78 is 0. The Labute approximate surface area is 121 Å². The minimum Gasteiger partial charge on any atom is -0.476 e. The summed E-state index contributed by atoms with van der Waals surface area (Å²) in [6.07, 6.45) is 1.44. The fourth-order valence-corrected chi connectivity index (χ4v) is 3.17. The van der Waals surface area contributed by atoms with E-state index in [1.165, 1.54) is 16.7 Å². The number of carboxylic acids is 1. The topological polar surface area (TPSA) is 82.5 Å². The Morgan fingerprint density at radius 3 is 2.90 bits per heavy atom. The number of aromatic carboxylic acids is 1. The van der Waals surface area contributed by atoms with Gasteiger partial charge in [-0.25, -0.2) is 9.78 Å². The first-order valence-corrected chi connectivity index (χ1v) is 7.43. The molecule has 0 bridgehead atoms. The lowest BCUT2D eigenvalue weighted by molar-refractivity contribution is -0.129. The van der Waals surface area contributed by atoms with Crippen molar-refractivity contribution in [2.75, 3.05) is 26.7 Å². The zero-order valence-electron chi connectivity index (χ0n) is 11.7. The van der Waals surface area contributed by atoms with Crippen molar-refractivity contribution in [3.8, 4) is 0 Å². The molecule has 2 rings (SSSR count). The summed E-state index contributed by atoms with van der Waals surface area (Å²) >= 11 is 1.31. The molecule has 6 nitrogen and oxygen atoms in total. The molecule has 0 spiro atoms. The van der Waals surface area contributed by atoms with Crippen LogP contribution in [0.4, 0.5) is 0 Å². The second-order valence-corrected chi connectivity index (χ2v) is 6.43. The number of thiazole rings is 1. The predicted octanol–water partition coefficient (Wildman–Crippen LogP) is 0.842. The van der Waals surface area contributed by atoms with Gasteiger partial charge in [-0.2, -0.15) is 0 Å². The van der Waals surface area contributed by atoms with E-state index < -0.39 is 5.97 Å². The smallest absolute Gasteiger partial charge is 0.355 e. The van der Waals surface area contributed by atoms with E-state index in [1.807, 2.05) is 14.0 Å². The molecule has 1 saturated heterocycles. The van der Waals surface area contributed by atoms with E-state index in [0.29, 0.717) is 13.0 Å². The van der Waals surface area contributed by atoms with Crippen molar-refractivity contribution in [2.45, 2.75) is 19.8 Å². The summed E-state index contributed by atoms with van der Waals surface area (Å²) in [5.41, 5.74) is -0.246. The van der Waals surface area contributed by atoms with Gasteiger partial charge in [-0.05, 0) is 26.9 Å². The highest BCUT2D eigenvalue weighted by atomic mass is 32.1. The molecule has 0 unspecified atom stereocenters. The number of nitrogens with one attached hydrogen (secondary N) is 1. The number of aromatic nitrogens is 1. The second kappa shape index (κ2) is 5.88. The van der Waals surface area contributed by atoms with Gasteiger partial charge in [-0.1, -0.05) is 0 Å². The third-order valence-corrected chi connectivity index (χ3v) is 4.52. The minimum absolute atomic E-state index is 0.0665. The van der Waals surface area contributed by atoms with Crippen molar-refractivity contribution < 1.29 is 14.7 Å². The normalized spacial score (nSPS) is 22.9. The van der Waals surface area contributed by atoms with Crippen LogP contribution in [0.3, 0.4) is 0 Å². The highest BCUT2D eigenvalue weighted by Crippen LogP contribution is 2.28. The van der Waals surface area contributed by atoms with Gasteiger partial charge in [0, 0.05) is 24.9 Å². The molecule has 2 heterocycles. The summed E-state index contributed by atoms with van der Waals surface area (Å²) in [5, 5.41) is 14.0. The molecule has 1 atom stereocenters. The Balaban J connectivity index is 1.80. The van der Waals surface area contributed by atoms with Crippen LogP contribution in [0.5, 0.6) is 0 Å². The SMILES string of the molecule is CN1CC[C@](C)(C(=O)NCCc2nc(C(=O)O)cs2)C1. The maximum atomic E-state index is 12.2. The number of hydrogen-bond acceptors (Lipinski definition) is 5. The summed E-state index contributed by atoms with van der Waals surface area (Å²) in [6, 6.07) is 0. The molecular formula is C13H19N3O3S. The third kappa shape index (κ3) is 3.34. The maximum Gasteiger partial charge on any atom is 0.355 e. The molecule has 1 fully saturated rings. The van der Waals surface area contributed by atoms with E-state index in [1.54, 1.807) is 0 Å². The van der Waals surface area contributed by atoms with Crippen molar-refractivity contribution in [3.63, 3.8) is 0 Å². The Bertz CT molecular complexity index is 517. The number of hydrogen-bond donors (Lipinski definition) is 2. The fourth-order valence-electron chi connectivity index (χ4n) is 2.40. The van der Waals surface area contributed by atoms with Crippen LogP contribution in [0.2, 0.25) is 0 Å². The molecule has 7 heteroatoms. The molecule has 1 aromatic rings. The molecule has 1 amide bonds. The summed E-state index contributed by atoms with van der Waals surface area (Å²) in [5.74, 6) is -0.949. The predicted molar refractivity (Wildman–Crippen MR) is 76.0 cm³/mol. The van der Waals surface area contributed by atoms with Crippen LogP contribution in [-0.2, 0) is 11.2 Å². The van der Waals surface area contributed by atoms with Crippen LogP contribution < -0.4 is 5.32 Å². The zero-order chi connectivity index (χ0) is 14.8. The number of nitrogens with zero attached hydrogens (tertiary/aromatic N) is 2. The van der Waals surface area contributed by atoms with E-state index in [-0.39, 0.29) is 17.0 Å². The Morgan fingerprint density at radius 1 is 1.60 bits per heavy atom.